The molecule has 0 amide bonds. The lowest BCUT2D eigenvalue weighted by molar-refractivity contribution is -0.114. The van der Waals surface area contributed by atoms with Gasteiger partial charge in [-0.2, -0.15) is 0 Å². The quantitative estimate of drug-likeness (QED) is 0.739. The normalized spacial score (nSPS) is 16.8. The van der Waals surface area contributed by atoms with Gasteiger partial charge < -0.3 is 0 Å². The van der Waals surface area contributed by atoms with Crippen LogP contribution >= 0.6 is 27.3 Å². The van der Waals surface area contributed by atoms with Crippen molar-refractivity contribution in [1.82, 2.24) is 0 Å². The van der Waals surface area contributed by atoms with E-state index in [4.69, 9.17) is 0 Å². The van der Waals surface area contributed by atoms with Crippen LogP contribution in [0.15, 0.2) is 22.0 Å². The van der Waals surface area contributed by atoms with E-state index < -0.39 is 0 Å². The summed E-state index contributed by atoms with van der Waals surface area (Å²) in [5.41, 5.74) is 1.19. The lowest BCUT2D eigenvalue weighted by atomic mass is 10.2. The van der Waals surface area contributed by atoms with Crippen LogP contribution in [0, 0.1) is 0 Å². The molecule has 0 fully saturated rings. The van der Waals surface area contributed by atoms with Gasteiger partial charge >= 0.3 is 0 Å². The van der Waals surface area contributed by atoms with Gasteiger partial charge in [0, 0.05) is 11.3 Å². The second-order valence-corrected chi connectivity index (χ2v) is 5.20. The summed E-state index contributed by atoms with van der Waals surface area (Å²) in [5, 5.41) is 0. The van der Waals surface area contributed by atoms with Crippen molar-refractivity contribution in [3.63, 3.8) is 0 Å². The van der Waals surface area contributed by atoms with Gasteiger partial charge in [-0.25, -0.2) is 0 Å². The molecule has 1 aromatic rings. The predicted molar refractivity (Wildman–Crippen MR) is 54.2 cm³/mol. The molecule has 2 rings (SSSR count). The number of ketones is 1. The van der Waals surface area contributed by atoms with E-state index in [9.17, 15) is 4.79 Å². The molecule has 0 saturated carbocycles. The Balaban J connectivity index is 2.32. The molecule has 1 aromatic heterocycles. The van der Waals surface area contributed by atoms with Crippen molar-refractivity contribution < 1.29 is 4.79 Å². The third-order valence-corrected chi connectivity index (χ3v) is 3.56. The van der Waals surface area contributed by atoms with E-state index in [1.54, 1.807) is 17.4 Å². The molecule has 3 heteroatoms. The van der Waals surface area contributed by atoms with Gasteiger partial charge in [0.1, 0.15) is 0 Å². The molecule has 0 spiro atoms. The molecule has 0 radical (unpaired) electrons. The van der Waals surface area contributed by atoms with Crippen molar-refractivity contribution in [1.29, 1.82) is 0 Å². The zero-order valence-electron chi connectivity index (χ0n) is 6.34. The fourth-order valence-corrected chi connectivity index (χ4v) is 2.71. The first-order valence-corrected chi connectivity index (χ1v) is 5.36. The Kier molecular flexibility index (Phi) is 2.15. The fourth-order valence-electron chi connectivity index (χ4n) is 1.28. The molecule has 1 aliphatic rings. The Morgan fingerprint density at radius 1 is 1.33 bits per heavy atom. The van der Waals surface area contributed by atoms with E-state index in [2.05, 4.69) is 22.0 Å². The lowest BCUT2D eigenvalue weighted by Crippen LogP contribution is -1.80. The first kappa shape index (κ1) is 8.20. The molecule has 1 aliphatic carbocycles. The fraction of sp³-hybridized carbons (Fsp3) is 0.222. The zero-order chi connectivity index (χ0) is 8.55. The molecular weight excluding hydrogens is 236 g/mol. The van der Waals surface area contributed by atoms with Gasteiger partial charge in [0.05, 0.1) is 3.79 Å². The maximum absolute atomic E-state index is 11.0. The van der Waals surface area contributed by atoms with Crippen LogP contribution in [0.4, 0.5) is 0 Å². The van der Waals surface area contributed by atoms with E-state index in [0.29, 0.717) is 6.42 Å². The van der Waals surface area contributed by atoms with Gasteiger partial charge in [0.2, 0.25) is 0 Å². The Morgan fingerprint density at radius 3 is 2.67 bits per heavy atom. The molecule has 1 nitrogen and oxygen atoms in total. The minimum atomic E-state index is 0.259. The van der Waals surface area contributed by atoms with Crippen molar-refractivity contribution in [3.05, 3.63) is 26.9 Å². The standard InChI is InChI=1S/C9H7BrOS/c10-9-4-3-8(12-9)6-1-2-7(11)5-6/h3-5H,1-2H2. The van der Waals surface area contributed by atoms with Crippen LogP contribution in [0.3, 0.4) is 0 Å². The average Bonchev–Trinajstić information content (AvgIpc) is 2.58. The highest BCUT2D eigenvalue weighted by Crippen LogP contribution is 2.33. The first-order chi connectivity index (χ1) is 5.75. The van der Waals surface area contributed by atoms with Gasteiger partial charge in [0.15, 0.2) is 5.78 Å². The predicted octanol–water partition coefficient (Wildman–Crippen LogP) is 3.26. The van der Waals surface area contributed by atoms with Crippen molar-refractivity contribution in [2.75, 3.05) is 0 Å². The van der Waals surface area contributed by atoms with Crippen molar-refractivity contribution in [2.24, 2.45) is 0 Å². The highest BCUT2D eigenvalue weighted by atomic mass is 79.9. The third-order valence-electron chi connectivity index (χ3n) is 1.87. The number of thiophene rings is 1. The molecule has 0 aromatic carbocycles. The number of allylic oxidation sites excluding steroid dienone is 2. The number of carbonyl (C=O) groups is 1. The summed E-state index contributed by atoms with van der Waals surface area (Å²) >= 11 is 5.08. The van der Waals surface area contributed by atoms with Gasteiger partial charge in [-0.15, -0.1) is 11.3 Å². The van der Waals surface area contributed by atoms with Gasteiger partial charge in [-0.05, 0) is 46.1 Å². The van der Waals surface area contributed by atoms with Crippen molar-refractivity contribution in [3.8, 4) is 0 Å². The Morgan fingerprint density at radius 2 is 2.17 bits per heavy atom. The van der Waals surface area contributed by atoms with Crippen LogP contribution in [-0.2, 0) is 4.79 Å². The first-order valence-electron chi connectivity index (χ1n) is 3.75. The second-order valence-electron chi connectivity index (χ2n) is 2.74. The molecule has 0 saturated heterocycles. The van der Waals surface area contributed by atoms with Crippen molar-refractivity contribution in [2.45, 2.75) is 12.8 Å². The maximum Gasteiger partial charge on any atom is 0.156 e. The molecule has 12 heavy (non-hydrogen) atoms. The molecule has 0 atom stereocenters. The van der Waals surface area contributed by atoms with Crippen LogP contribution < -0.4 is 0 Å². The highest BCUT2D eigenvalue weighted by Gasteiger charge is 2.14. The van der Waals surface area contributed by atoms with Gasteiger partial charge in [-0.1, -0.05) is 0 Å². The lowest BCUT2D eigenvalue weighted by Gasteiger charge is -1.92. The SMILES string of the molecule is O=C1C=C(c2ccc(Br)s2)CC1. The number of carbonyl (C=O) groups excluding carboxylic acids is 1. The smallest absolute Gasteiger partial charge is 0.156 e. The average molecular weight is 243 g/mol. The van der Waals surface area contributed by atoms with Crippen LogP contribution in [0.5, 0.6) is 0 Å². The monoisotopic (exact) mass is 242 g/mol. The highest BCUT2D eigenvalue weighted by molar-refractivity contribution is 9.11. The number of rotatable bonds is 1. The van der Waals surface area contributed by atoms with Crippen LogP contribution in [-0.4, -0.2) is 5.78 Å². The molecular formula is C9H7BrOS. The van der Waals surface area contributed by atoms with E-state index in [0.717, 1.165) is 10.2 Å². The minimum Gasteiger partial charge on any atom is -0.295 e. The van der Waals surface area contributed by atoms with Crippen LogP contribution in [0.2, 0.25) is 0 Å². The topological polar surface area (TPSA) is 17.1 Å². The maximum atomic E-state index is 11.0. The summed E-state index contributed by atoms with van der Waals surface area (Å²) in [5.74, 6) is 0.259. The summed E-state index contributed by atoms with van der Waals surface area (Å²) < 4.78 is 1.12. The van der Waals surface area contributed by atoms with Crippen LogP contribution in [0.25, 0.3) is 5.57 Å². The second kappa shape index (κ2) is 3.15. The zero-order valence-corrected chi connectivity index (χ0v) is 8.74. The summed E-state index contributed by atoms with van der Waals surface area (Å²) in [6.07, 6.45) is 3.36. The van der Waals surface area contributed by atoms with E-state index in [-0.39, 0.29) is 5.78 Å². The number of hydrogen-bond donors (Lipinski definition) is 0. The summed E-state index contributed by atoms with van der Waals surface area (Å²) in [7, 11) is 0. The van der Waals surface area contributed by atoms with Gasteiger partial charge in [-0.3, -0.25) is 4.79 Å². The number of hydrogen-bond acceptors (Lipinski definition) is 2. The Hall–Kier alpha value is -0.410. The molecule has 1 heterocycles. The van der Waals surface area contributed by atoms with E-state index in [1.807, 2.05) is 6.07 Å². The number of halogens is 1. The molecule has 0 unspecified atom stereocenters. The molecule has 62 valence electrons. The van der Waals surface area contributed by atoms with E-state index >= 15 is 0 Å². The third kappa shape index (κ3) is 1.52. The van der Waals surface area contributed by atoms with E-state index in [1.165, 1.54) is 10.5 Å². The molecule has 0 aliphatic heterocycles. The van der Waals surface area contributed by atoms with Gasteiger partial charge in [0.25, 0.3) is 0 Å². The minimum absolute atomic E-state index is 0.259. The largest absolute Gasteiger partial charge is 0.295 e. The summed E-state index contributed by atoms with van der Waals surface area (Å²) in [6, 6.07) is 4.07. The Labute approximate surface area is 83.2 Å². The Bertz CT molecular complexity index is 351. The van der Waals surface area contributed by atoms with Crippen molar-refractivity contribution >= 4 is 38.6 Å². The van der Waals surface area contributed by atoms with Crippen LogP contribution in [0.1, 0.15) is 17.7 Å². The molecule has 0 N–H and O–H groups in total. The summed E-state index contributed by atoms with van der Waals surface area (Å²) in [6.45, 7) is 0. The molecule has 0 bridgehead atoms. The summed E-state index contributed by atoms with van der Waals surface area (Å²) in [4.78, 5) is 12.2.